The molecule has 0 atom stereocenters. The number of amides is 1. The average molecular weight is 325 g/mol. The van der Waals surface area contributed by atoms with Crippen LogP contribution in [0.15, 0.2) is 18.2 Å². The number of hydrogen-bond acceptors (Lipinski definition) is 2. The van der Waals surface area contributed by atoms with Gasteiger partial charge in [0, 0.05) is 18.5 Å². The van der Waals surface area contributed by atoms with Gasteiger partial charge >= 0.3 is 5.97 Å². The monoisotopic (exact) mass is 325 g/mol. The van der Waals surface area contributed by atoms with Crippen LogP contribution in [0, 0.1) is 11.6 Å². The van der Waals surface area contributed by atoms with E-state index in [2.05, 4.69) is 5.32 Å². The first-order valence-corrected chi connectivity index (χ1v) is 7.92. The van der Waals surface area contributed by atoms with Crippen molar-refractivity contribution < 1.29 is 23.5 Å². The zero-order valence-corrected chi connectivity index (χ0v) is 12.9. The quantitative estimate of drug-likeness (QED) is 0.722. The van der Waals surface area contributed by atoms with E-state index in [-0.39, 0.29) is 17.9 Å². The normalized spacial score (nSPS) is 15.7. The van der Waals surface area contributed by atoms with Crippen molar-refractivity contribution in [3.63, 3.8) is 0 Å². The van der Waals surface area contributed by atoms with E-state index in [0.717, 1.165) is 6.42 Å². The summed E-state index contributed by atoms with van der Waals surface area (Å²) in [5, 5.41) is 11.3. The second-order valence-corrected chi connectivity index (χ2v) is 5.99. The van der Waals surface area contributed by atoms with Crippen molar-refractivity contribution in [2.75, 3.05) is 6.54 Å². The lowest BCUT2D eigenvalue weighted by Crippen LogP contribution is -2.50. The molecule has 0 bridgehead atoms. The first kappa shape index (κ1) is 17.4. The molecular formula is C17H21F2NO3. The zero-order chi connectivity index (χ0) is 16.9. The smallest absolute Gasteiger partial charge is 0.303 e. The molecule has 1 aliphatic carbocycles. The fourth-order valence-electron chi connectivity index (χ4n) is 3.03. The fourth-order valence-corrected chi connectivity index (χ4v) is 3.03. The highest BCUT2D eigenvalue weighted by atomic mass is 19.1. The van der Waals surface area contributed by atoms with Gasteiger partial charge in [0.2, 0.25) is 5.91 Å². The minimum absolute atomic E-state index is 0.109. The first-order chi connectivity index (χ1) is 11.0. The molecule has 126 valence electrons. The van der Waals surface area contributed by atoms with Crippen LogP contribution in [0.25, 0.3) is 0 Å². The number of rotatable bonds is 8. The number of nitrogens with one attached hydrogen (secondary N) is 1. The molecule has 1 fully saturated rings. The number of hydrogen-bond donors (Lipinski definition) is 2. The topological polar surface area (TPSA) is 66.4 Å². The average Bonchev–Trinajstić information content (AvgIpc) is 2.44. The van der Waals surface area contributed by atoms with Crippen molar-refractivity contribution in [1.29, 1.82) is 0 Å². The summed E-state index contributed by atoms with van der Waals surface area (Å²) in [6, 6.07) is 3.65. The lowest BCUT2D eigenvalue weighted by atomic mass is 9.63. The van der Waals surface area contributed by atoms with Gasteiger partial charge in [0.15, 0.2) is 0 Å². The third-order valence-electron chi connectivity index (χ3n) is 4.44. The Hall–Kier alpha value is -1.98. The standard InChI is InChI=1S/C17H21F2NO3/c18-12-6-4-7-13(19)15(12)17(9-5-10-17)16(23)20-11-3-1-2-8-14(21)22/h4,6-7H,1-3,5,8-11H2,(H,20,23)(H,21,22). The number of halogens is 2. The maximum atomic E-state index is 14.0. The van der Waals surface area contributed by atoms with Crippen LogP contribution in [-0.4, -0.2) is 23.5 Å². The summed E-state index contributed by atoms with van der Waals surface area (Å²) in [7, 11) is 0. The van der Waals surface area contributed by atoms with Gasteiger partial charge in [0.05, 0.1) is 5.41 Å². The summed E-state index contributed by atoms with van der Waals surface area (Å²) in [5.41, 5.74) is -1.23. The molecule has 4 nitrogen and oxygen atoms in total. The van der Waals surface area contributed by atoms with Gasteiger partial charge in [-0.05, 0) is 37.8 Å². The van der Waals surface area contributed by atoms with Gasteiger partial charge in [0.25, 0.3) is 0 Å². The molecule has 0 heterocycles. The van der Waals surface area contributed by atoms with Gasteiger partial charge in [-0.25, -0.2) is 8.78 Å². The predicted molar refractivity (Wildman–Crippen MR) is 81.0 cm³/mol. The molecule has 23 heavy (non-hydrogen) atoms. The van der Waals surface area contributed by atoms with Crippen LogP contribution in [-0.2, 0) is 15.0 Å². The number of benzene rings is 1. The Morgan fingerprint density at radius 2 is 1.78 bits per heavy atom. The van der Waals surface area contributed by atoms with Crippen molar-refractivity contribution in [3.8, 4) is 0 Å². The maximum absolute atomic E-state index is 14.0. The largest absolute Gasteiger partial charge is 0.481 e. The van der Waals surface area contributed by atoms with Crippen molar-refractivity contribution in [2.24, 2.45) is 0 Å². The van der Waals surface area contributed by atoms with E-state index in [1.54, 1.807) is 0 Å². The summed E-state index contributed by atoms with van der Waals surface area (Å²) in [4.78, 5) is 22.9. The van der Waals surface area contributed by atoms with Gasteiger partial charge in [-0.2, -0.15) is 0 Å². The second-order valence-electron chi connectivity index (χ2n) is 5.99. The minimum atomic E-state index is -1.10. The first-order valence-electron chi connectivity index (χ1n) is 7.92. The molecule has 1 aromatic carbocycles. The Kier molecular flexibility index (Phi) is 5.69. The van der Waals surface area contributed by atoms with E-state index >= 15 is 0 Å². The van der Waals surface area contributed by atoms with Gasteiger partial charge < -0.3 is 10.4 Å². The number of carboxylic acid groups (broad SMARTS) is 1. The fraction of sp³-hybridized carbons (Fsp3) is 0.529. The summed E-state index contributed by atoms with van der Waals surface area (Å²) in [6.45, 7) is 0.385. The summed E-state index contributed by atoms with van der Waals surface area (Å²) >= 11 is 0. The molecule has 1 saturated carbocycles. The van der Waals surface area contributed by atoms with Crippen LogP contribution >= 0.6 is 0 Å². The van der Waals surface area contributed by atoms with E-state index in [4.69, 9.17) is 5.11 Å². The highest BCUT2D eigenvalue weighted by Crippen LogP contribution is 2.45. The number of aliphatic carboxylic acids is 1. The van der Waals surface area contributed by atoms with Gasteiger partial charge in [0.1, 0.15) is 11.6 Å². The highest BCUT2D eigenvalue weighted by Gasteiger charge is 2.48. The Morgan fingerprint density at radius 1 is 1.13 bits per heavy atom. The predicted octanol–water partition coefficient (Wildman–Crippen LogP) is 3.15. The van der Waals surface area contributed by atoms with Crippen LogP contribution in [0.4, 0.5) is 8.78 Å². The van der Waals surface area contributed by atoms with Crippen molar-refractivity contribution in [3.05, 3.63) is 35.4 Å². The van der Waals surface area contributed by atoms with Crippen LogP contribution in [0.1, 0.15) is 50.5 Å². The summed E-state index contributed by atoms with van der Waals surface area (Å²) in [5.74, 6) is -2.54. The van der Waals surface area contributed by atoms with Gasteiger partial charge in [-0.15, -0.1) is 0 Å². The third-order valence-corrected chi connectivity index (χ3v) is 4.44. The zero-order valence-electron chi connectivity index (χ0n) is 12.9. The molecule has 1 amide bonds. The molecular weight excluding hydrogens is 304 g/mol. The molecule has 0 spiro atoms. The Bertz CT molecular complexity index is 565. The Labute approximate surface area is 133 Å². The number of carboxylic acids is 1. The lowest BCUT2D eigenvalue weighted by Gasteiger charge is -2.40. The van der Waals surface area contributed by atoms with E-state index in [1.165, 1.54) is 18.2 Å². The molecule has 0 unspecified atom stereocenters. The highest BCUT2D eigenvalue weighted by molar-refractivity contribution is 5.89. The van der Waals surface area contributed by atoms with Crippen LogP contribution < -0.4 is 5.32 Å². The van der Waals surface area contributed by atoms with Crippen LogP contribution in [0.3, 0.4) is 0 Å². The van der Waals surface area contributed by atoms with Gasteiger partial charge in [-0.1, -0.05) is 18.9 Å². The van der Waals surface area contributed by atoms with E-state index in [0.29, 0.717) is 38.6 Å². The van der Waals surface area contributed by atoms with Crippen molar-refractivity contribution in [1.82, 2.24) is 5.32 Å². The molecule has 0 aromatic heterocycles. The second kappa shape index (κ2) is 7.53. The Balaban J connectivity index is 1.93. The summed E-state index contributed by atoms with van der Waals surface area (Å²) in [6.07, 6.45) is 3.64. The number of unbranched alkanes of at least 4 members (excludes halogenated alkanes) is 2. The SMILES string of the molecule is O=C(O)CCCCCNC(=O)C1(c2c(F)cccc2F)CCC1. The third kappa shape index (κ3) is 3.86. The van der Waals surface area contributed by atoms with E-state index in [9.17, 15) is 18.4 Å². The van der Waals surface area contributed by atoms with Gasteiger partial charge in [-0.3, -0.25) is 9.59 Å². The lowest BCUT2D eigenvalue weighted by molar-refractivity contribution is -0.137. The molecule has 2 rings (SSSR count). The van der Waals surface area contributed by atoms with Crippen molar-refractivity contribution in [2.45, 2.75) is 50.4 Å². The molecule has 6 heteroatoms. The number of carbonyl (C=O) groups is 2. The molecule has 0 radical (unpaired) electrons. The van der Waals surface area contributed by atoms with Crippen molar-refractivity contribution >= 4 is 11.9 Å². The minimum Gasteiger partial charge on any atom is -0.481 e. The Morgan fingerprint density at radius 3 is 2.30 bits per heavy atom. The van der Waals surface area contributed by atoms with Crippen LogP contribution in [0.2, 0.25) is 0 Å². The van der Waals surface area contributed by atoms with Crippen LogP contribution in [0.5, 0.6) is 0 Å². The molecule has 2 N–H and O–H groups in total. The number of carbonyl (C=O) groups excluding carboxylic acids is 1. The summed E-state index contributed by atoms with van der Waals surface area (Å²) < 4.78 is 28.0. The molecule has 0 aliphatic heterocycles. The maximum Gasteiger partial charge on any atom is 0.303 e. The van der Waals surface area contributed by atoms with E-state index in [1.807, 2.05) is 0 Å². The van der Waals surface area contributed by atoms with E-state index < -0.39 is 23.0 Å². The molecule has 1 aliphatic rings. The molecule has 1 aromatic rings. The molecule has 0 saturated heterocycles.